The second-order valence-corrected chi connectivity index (χ2v) is 3.73. The minimum absolute atomic E-state index is 0.861. The molecule has 0 amide bonds. The molecule has 0 heterocycles. The lowest BCUT2D eigenvalue weighted by Crippen LogP contribution is -2.09. The van der Waals surface area contributed by atoms with Gasteiger partial charge in [0.25, 0.3) is 0 Å². The van der Waals surface area contributed by atoms with Gasteiger partial charge >= 0.3 is 0 Å². The van der Waals surface area contributed by atoms with Crippen molar-refractivity contribution in [1.82, 2.24) is 0 Å². The van der Waals surface area contributed by atoms with Crippen LogP contribution in [-0.4, -0.2) is 0 Å². The highest BCUT2D eigenvalue weighted by molar-refractivity contribution is 5.22. The quantitative estimate of drug-likeness (QED) is 0.507. The maximum Gasteiger partial charge on any atom is -0.0165 e. The molecule has 12 heavy (non-hydrogen) atoms. The Morgan fingerprint density at radius 1 is 1.08 bits per heavy atom. The molecular formula is C12H16. The molecule has 0 heteroatoms. The van der Waals surface area contributed by atoms with Crippen LogP contribution in [0.1, 0.15) is 32.1 Å². The van der Waals surface area contributed by atoms with Gasteiger partial charge in [0, 0.05) is 0 Å². The van der Waals surface area contributed by atoms with E-state index in [1.54, 1.807) is 5.57 Å². The Kier molecular flexibility index (Phi) is 2.45. The Morgan fingerprint density at radius 3 is 3.08 bits per heavy atom. The van der Waals surface area contributed by atoms with Crippen molar-refractivity contribution >= 4 is 0 Å². The van der Waals surface area contributed by atoms with E-state index in [0.717, 1.165) is 5.92 Å². The summed E-state index contributed by atoms with van der Waals surface area (Å²) in [7, 11) is 0. The Bertz CT molecular complexity index is 230. The van der Waals surface area contributed by atoms with E-state index >= 15 is 0 Å². The first-order valence-electron chi connectivity index (χ1n) is 4.99. The first-order chi connectivity index (χ1) is 5.97. The minimum Gasteiger partial charge on any atom is -0.0839 e. The lowest BCUT2D eigenvalue weighted by Gasteiger charge is -2.24. The van der Waals surface area contributed by atoms with Crippen molar-refractivity contribution < 1.29 is 0 Å². The van der Waals surface area contributed by atoms with Gasteiger partial charge in [-0.2, -0.15) is 0 Å². The number of allylic oxidation sites excluding steroid dienone is 6. The first kappa shape index (κ1) is 7.85. The van der Waals surface area contributed by atoms with Crippen LogP contribution in [-0.2, 0) is 0 Å². The monoisotopic (exact) mass is 160 g/mol. The van der Waals surface area contributed by atoms with Crippen LogP contribution >= 0.6 is 0 Å². The van der Waals surface area contributed by atoms with Crippen LogP contribution in [0.25, 0.3) is 0 Å². The van der Waals surface area contributed by atoms with Crippen molar-refractivity contribution in [2.24, 2.45) is 5.92 Å². The molecule has 2 rings (SSSR count). The highest BCUT2D eigenvalue weighted by Gasteiger charge is 2.16. The van der Waals surface area contributed by atoms with Gasteiger partial charge in [-0.1, -0.05) is 42.4 Å². The summed E-state index contributed by atoms with van der Waals surface area (Å²) in [4.78, 5) is 0. The zero-order valence-corrected chi connectivity index (χ0v) is 7.50. The van der Waals surface area contributed by atoms with E-state index in [1.165, 1.54) is 32.1 Å². The van der Waals surface area contributed by atoms with Gasteiger partial charge in [0.1, 0.15) is 0 Å². The normalized spacial score (nSPS) is 38.3. The molecule has 0 aromatic rings. The fourth-order valence-corrected chi connectivity index (χ4v) is 2.16. The van der Waals surface area contributed by atoms with E-state index in [9.17, 15) is 0 Å². The van der Waals surface area contributed by atoms with Gasteiger partial charge in [-0.15, -0.1) is 0 Å². The van der Waals surface area contributed by atoms with Crippen molar-refractivity contribution in [3.63, 3.8) is 0 Å². The summed E-state index contributed by atoms with van der Waals surface area (Å²) in [6.45, 7) is 0. The van der Waals surface area contributed by atoms with Crippen LogP contribution in [0.4, 0.5) is 0 Å². The summed E-state index contributed by atoms with van der Waals surface area (Å²) in [6, 6.07) is 0. The summed E-state index contributed by atoms with van der Waals surface area (Å²) in [6.07, 6.45) is 18.0. The molecule has 1 fully saturated rings. The minimum atomic E-state index is 0.861. The standard InChI is InChI=1S/C12H16/c1-2-4-8-12-10-6-5-9-11(12)7-3-1/h1-4,7,12H,5-6,8-10H2/b3-1-,4-2-,11-7-. The highest BCUT2D eigenvalue weighted by atomic mass is 14.2. The van der Waals surface area contributed by atoms with E-state index < -0.39 is 0 Å². The number of hydrogen-bond acceptors (Lipinski definition) is 0. The van der Waals surface area contributed by atoms with Crippen molar-refractivity contribution in [2.45, 2.75) is 32.1 Å². The smallest absolute Gasteiger partial charge is 0.0165 e. The number of fused-ring (bicyclic) bond motifs is 1. The lowest BCUT2D eigenvalue weighted by atomic mass is 9.81. The molecule has 2 aliphatic rings. The van der Waals surface area contributed by atoms with Crippen molar-refractivity contribution in [2.75, 3.05) is 0 Å². The van der Waals surface area contributed by atoms with Gasteiger partial charge in [0.15, 0.2) is 0 Å². The molecule has 1 atom stereocenters. The van der Waals surface area contributed by atoms with Crippen LogP contribution in [0.3, 0.4) is 0 Å². The van der Waals surface area contributed by atoms with Crippen LogP contribution < -0.4 is 0 Å². The van der Waals surface area contributed by atoms with Crippen LogP contribution in [0, 0.1) is 5.92 Å². The highest BCUT2D eigenvalue weighted by Crippen LogP contribution is 2.32. The van der Waals surface area contributed by atoms with Gasteiger partial charge in [0.05, 0.1) is 0 Å². The lowest BCUT2D eigenvalue weighted by molar-refractivity contribution is 0.456. The zero-order valence-electron chi connectivity index (χ0n) is 7.50. The van der Waals surface area contributed by atoms with E-state index in [2.05, 4.69) is 30.4 Å². The maximum absolute atomic E-state index is 2.33. The van der Waals surface area contributed by atoms with Crippen molar-refractivity contribution in [3.8, 4) is 0 Å². The van der Waals surface area contributed by atoms with Crippen molar-refractivity contribution in [1.29, 1.82) is 0 Å². The third kappa shape index (κ3) is 1.69. The fourth-order valence-electron chi connectivity index (χ4n) is 2.16. The molecule has 0 bridgehead atoms. The largest absolute Gasteiger partial charge is 0.0839 e. The summed E-state index contributed by atoms with van der Waals surface area (Å²) < 4.78 is 0. The molecule has 0 aromatic heterocycles. The maximum atomic E-state index is 2.33. The average molecular weight is 160 g/mol. The predicted molar refractivity (Wildman–Crippen MR) is 52.9 cm³/mol. The second-order valence-electron chi connectivity index (χ2n) is 3.73. The zero-order chi connectivity index (χ0) is 8.23. The molecule has 0 aliphatic heterocycles. The predicted octanol–water partition coefficient (Wildman–Crippen LogP) is 3.62. The van der Waals surface area contributed by atoms with E-state index in [1.807, 2.05) is 0 Å². The fraction of sp³-hybridized carbons (Fsp3) is 0.500. The van der Waals surface area contributed by atoms with Gasteiger partial charge < -0.3 is 0 Å². The Hall–Kier alpha value is -0.780. The molecule has 0 aromatic carbocycles. The molecule has 0 spiro atoms. The summed E-state index contributed by atoms with van der Waals surface area (Å²) in [5.41, 5.74) is 1.68. The molecule has 0 N–H and O–H groups in total. The molecule has 0 radical (unpaired) electrons. The van der Waals surface area contributed by atoms with Gasteiger partial charge in [-0.3, -0.25) is 0 Å². The molecule has 64 valence electrons. The third-order valence-electron chi connectivity index (χ3n) is 2.88. The van der Waals surface area contributed by atoms with E-state index in [4.69, 9.17) is 0 Å². The molecule has 2 aliphatic carbocycles. The Balaban J connectivity index is 2.16. The van der Waals surface area contributed by atoms with Crippen LogP contribution in [0.2, 0.25) is 0 Å². The number of hydrogen-bond donors (Lipinski definition) is 0. The summed E-state index contributed by atoms with van der Waals surface area (Å²) in [5, 5.41) is 0. The van der Waals surface area contributed by atoms with E-state index in [0.29, 0.717) is 0 Å². The Labute approximate surface area is 74.7 Å². The van der Waals surface area contributed by atoms with Gasteiger partial charge in [-0.25, -0.2) is 0 Å². The SMILES string of the molecule is C1=C\C=C2\CCCCC2C\C=C/1. The van der Waals surface area contributed by atoms with Crippen molar-refractivity contribution in [3.05, 3.63) is 36.0 Å². The van der Waals surface area contributed by atoms with Crippen LogP contribution in [0.15, 0.2) is 36.0 Å². The third-order valence-corrected chi connectivity index (χ3v) is 2.88. The topological polar surface area (TPSA) is 0 Å². The molecule has 0 nitrogen and oxygen atoms in total. The molecular weight excluding hydrogens is 144 g/mol. The van der Waals surface area contributed by atoms with Crippen LogP contribution in [0.5, 0.6) is 0 Å². The van der Waals surface area contributed by atoms with Gasteiger partial charge in [0.2, 0.25) is 0 Å². The Morgan fingerprint density at radius 2 is 2.08 bits per heavy atom. The molecule has 1 unspecified atom stereocenters. The first-order valence-corrected chi connectivity index (χ1v) is 4.99. The second kappa shape index (κ2) is 3.75. The molecule has 0 saturated heterocycles. The van der Waals surface area contributed by atoms with E-state index in [-0.39, 0.29) is 0 Å². The number of rotatable bonds is 0. The molecule has 1 saturated carbocycles. The summed E-state index contributed by atoms with van der Waals surface area (Å²) in [5.74, 6) is 0.861. The summed E-state index contributed by atoms with van der Waals surface area (Å²) >= 11 is 0. The average Bonchev–Trinajstić information content (AvgIpc) is 2.06. The van der Waals surface area contributed by atoms with Gasteiger partial charge in [-0.05, 0) is 31.6 Å².